The van der Waals surface area contributed by atoms with Crippen molar-refractivity contribution in [3.63, 3.8) is 0 Å². The van der Waals surface area contributed by atoms with Gasteiger partial charge in [0.05, 0.1) is 34.0 Å². The second kappa shape index (κ2) is 14.9. The van der Waals surface area contributed by atoms with Gasteiger partial charge in [0.1, 0.15) is 17.8 Å². The predicted molar refractivity (Wildman–Crippen MR) is 157 cm³/mol. The minimum Gasteiger partial charge on any atom is -0.497 e. The molecule has 3 N–H and O–H groups in total. The zero-order valence-electron chi connectivity index (χ0n) is 23.7. The fourth-order valence-corrected chi connectivity index (χ4v) is 5.11. The number of Topliss-reactive ketones (excluding diaryl/α,β-unsaturated/α-hetero) is 1. The Bertz CT molecular complexity index is 1550. The summed E-state index contributed by atoms with van der Waals surface area (Å²) in [6.45, 7) is 2.68. The third-order valence-electron chi connectivity index (χ3n) is 6.44. The van der Waals surface area contributed by atoms with Crippen molar-refractivity contribution in [1.29, 1.82) is 5.26 Å². The molecule has 3 rings (SSSR count). The summed E-state index contributed by atoms with van der Waals surface area (Å²) < 4.78 is 45.4. The number of carbonyl (C=O) groups excluding carboxylic acids is 4. The van der Waals surface area contributed by atoms with E-state index in [4.69, 9.17) is 16.3 Å². The average Bonchev–Trinajstić information content (AvgIpc) is 3.43. The molecule has 1 aromatic heterocycles. The van der Waals surface area contributed by atoms with E-state index in [9.17, 15) is 37.6 Å². The number of amides is 3. The van der Waals surface area contributed by atoms with E-state index in [1.165, 1.54) is 63.4 Å². The predicted octanol–water partition coefficient (Wildman–Crippen LogP) is 4.75. The summed E-state index contributed by atoms with van der Waals surface area (Å²) in [5.41, 5.74) is 0.984. The summed E-state index contributed by atoms with van der Waals surface area (Å²) in [5, 5.41) is 16.5. The maximum absolute atomic E-state index is 13.7. The van der Waals surface area contributed by atoms with Gasteiger partial charge in [-0.25, -0.2) is 0 Å². The molecule has 0 aliphatic heterocycles. The first-order chi connectivity index (χ1) is 20.7. The van der Waals surface area contributed by atoms with E-state index in [2.05, 4.69) is 16.0 Å². The van der Waals surface area contributed by atoms with Crippen molar-refractivity contribution in [3.8, 4) is 11.8 Å². The van der Waals surface area contributed by atoms with Gasteiger partial charge in [0.25, 0.3) is 11.7 Å². The molecule has 0 spiro atoms. The van der Waals surface area contributed by atoms with E-state index in [-0.39, 0.29) is 16.9 Å². The van der Waals surface area contributed by atoms with Crippen molar-refractivity contribution >= 4 is 46.4 Å². The lowest BCUT2D eigenvalue weighted by Crippen LogP contribution is -2.55. The third-order valence-corrected chi connectivity index (χ3v) is 7.67. The molecule has 0 aliphatic carbocycles. The van der Waals surface area contributed by atoms with Crippen molar-refractivity contribution < 1.29 is 37.1 Å². The van der Waals surface area contributed by atoms with Gasteiger partial charge in [0.2, 0.25) is 11.8 Å². The van der Waals surface area contributed by atoms with Crippen LogP contribution in [0.2, 0.25) is 4.34 Å². The van der Waals surface area contributed by atoms with Crippen LogP contribution in [0.4, 0.5) is 13.2 Å². The molecular weight excluding hydrogens is 621 g/mol. The molecule has 0 aliphatic rings. The number of halogens is 4. The zero-order valence-corrected chi connectivity index (χ0v) is 25.3. The summed E-state index contributed by atoms with van der Waals surface area (Å²) in [7, 11) is 1.41. The van der Waals surface area contributed by atoms with Crippen LogP contribution in [0.5, 0.6) is 5.75 Å². The molecule has 0 radical (unpaired) electrons. The molecule has 232 valence electrons. The largest absolute Gasteiger partial charge is 0.497 e. The summed E-state index contributed by atoms with van der Waals surface area (Å²) in [4.78, 5) is 52.5. The van der Waals surface area contributed by atoms with Crippen LogP contribution in [-0.2, 0) is 20.8 Å². The average molecular weight is 649 g/mol. The van der Waals surface area contributed by atoms with Gasteiger partial charge in [0, 0.05) is 6.42 Å². The molecule has 3 aromatic rings. The van der Waals surface area contributed by atoms with Gasteiger partial charge in [0.15, 0.2) is 0 Å². The van der Waals surface area contributed by atoms with Crippen molar-refractivity contribution in [3.05, 3.63) is 86.6 Å². The molecule has 0 fully saturated rings. The second-order valence-corrected chi connectivity index (χ2v) is 11.7. The molecule has 14 heteroatoms. The summed E-state index contributed by atoms with van der Waals surface area (Å²) in [6, 6.07) is 12.3. The number of carbonyl (C=O) groups is 4. The van der Waals surface area contributed by atoms with Crippen molar-refractivity contribution in [2.75, 3.05) is 7.11 Å². The highest BCUT2D eigenvalue weighted by molar-refractivity contribution is 7.18. The van der Waals surface area contributed by atoms with E-state index in [1.54, 1.807) is 18.2 Å². The van der Waals surface area contributed by atoms with Crippen molar-refractivity contribution in [2.24, 2.45) is 5.92 Å². The number of hydrogen-bond donors (Lipinski definition) is 3. The lowest BCUT2D eigenvalue weighted by molar-refractivity contribution is -0.175. The number of alkyl halides is 3. The van der Waals surface area contributed by atoms with Crippen LogP contribution in [0.25, 0.3) is 0 Å². The van der Waals surface area contributed by atoms with E-state index in [1.807, 2.05) is 6.07 Å². The molecule has 0 saturated heterocycles. The minimum absolute atomic E-state index is 0.107. The number of rotatable bonds is 12. The Kier molecular flexibility index (Phi) is 11.5. The molecular formula is C30H28ClF3N4O5S. The van der Waals surface area contributed by atoms with Gasteiger partial charge in [-0.2, -0.15) is 18.4 Å². The number of ketones is 1. The highest BCUT2D eigenvalue weighted by Gasteiger charge is 2.45. The fraction of sp³-hybridized carbons (Fsp3) is 0.300. The number of hydrogen-bond acceptors (Lipinski definition) is 7. The number of nitriles is 1. The number of benzene rings is 2. The highest BCUT2D eigenvalue weighted by atomic mass is 35.5. The summed E-state index contributed by atoms with van der Waals surface area (Å²) >= 11 is 6.93. The molecule has 0 saturated carbocycles. The van der Waals surface area contributed by atoms with Crippen LogP contribution >= 0.6 is 22.9 Å². The molecule has 1 heterocycles. The first kappa shape index (κ1) is 34.1. The smallest absolute Gasteiger partial charge is 0.452 e. The first-order valence-corrected chi connectivity index (χ1v) is 14.3. The van der Waals surface area contributed by atoms with Crippen LogP contribution in [0.1, 0.15) is 46.3 Å². The zero-order chi connectivity index (χ0) is 32.6. The van der Waals surface area contributed by atoms with E-state index in [0.717, 1.165) is 11.3 Å². The number of ether oxygens (including phenoxy) is 1. The van der Waals surface area contributed by atoms with Crippen LogP contribution < -0.4 is 20.7 Å². The maximum atomic E-state index is 13.7. The van der Waals surface area contributed by atoms with Gasteiger partial charge in [-0.3, -0.25) is 19.2 Å². The Morgan fingerprint density at radius 2 is 1.66 bits per heavy atom. The lowest BCUT2D eigenvalue weighted by atomic mass is 9.97. The van der Waals surface area contributed by atoms with Crippen LogP contribution in [-0.4, -0.2) is 48.9 Å². The van der Waals surface area contributed by atoms with E-state index in [0.29, 0.717) is 21.2 Å². The van der Waals surface area contributed by atoms with Gasteiger partial charge in [-0.15, -0.1) is 11.3 Å². The Morgan fingerprint density at radius 1 is 0.977 bits per heavy atom. The Balaban J connectivity index is 1.97. The van der Waals surface area contributed by atoms with Gasteiger partial charge < -0.3 is 20.7 Å². The Hall–Kier alpha value is -4.41. The number of methoxy groups -OCH3 is 1. The fourth-order valence-electron chi connectivity index (χ4n) is 4.17. The van der Waals surface area contributed by atoms with Crippen LogP contribution in [0.15, 0.2) is 60.7 Å². The minimum atomic E-state index is -5.21. The standard InChI is InChI=1S/C30H28ClF3N4O5S/c1-16(2)24(26(39)30(32,33)34)37-29(42)25(19-7-9-20(43-3)10-8-19)38-27(40)21(14-17-5-4-6-18(13-17)15-35)36-28(41)22-11-12-23(31)44-22/h4-13,16,21,24-25H,14H2,1-3H3,(H,36,41)(H,37,42)(H,38,40)/t21?,24-,25?/m0/s1. The highest BCUT2D eigenvalue weighted by Crippen LogP contribution is 2.24. The number of nitrogens with one attached hydrogen (secondary N) is 3. The topological polar surface area (TPSA) is 137 Å². The van der Waals surface area contributed by atoms with E-state index >= 15 is 0 Å². The first-order valence-electron chi connectivity index (χ1n) is 13.1. The quantitative estimate of drug-likeness (QED) is 0.259. The van der Waals surface area contributed by atoms with Crippen molar-refractivity contribution in [2.45, 2.75) is 44.6 Å². The van der Waals surface area contributed by atoms with Gasteiger partial charge in [-0.1, -0.05) is 49.7 Å². The number of nitrogens with zero attached hydrogens (tertiary/aromatic N) is 1. The van der Waals surface area contributed by atoms with Crippen molar-refractivity contribution in [1.82, 2.24) is 16.0 Å². The SMILES string of the molecule is COc1ccc(C(NC(=O)C(Cc2cccc(C#N)c2)NC(=O)c2ccc(Cl)s2)C(=O)N[C@H](C(=O)C(F)(F)F)C(C)C)cc1. The normalized spacial score (nSPS) is 13.2. The summed E-state index contributed by atoms with van der Waals surface area (Å²) in [6.07, 6.45) is -5.32. The Labute approximate surface area is 260 Å². The molecule has 44 heavy (non-hydrogen) atoms. The third kappa shape index (κ3) is 9.05. The summed E-state index contributed by atoms with van der Waals surface area (Å²) in [5.74, 6) is -5.25. The Morgan fingerprint density at radius 3 is 2.20 bits per heavy atom. The van der Waals surface area contributed by atoms with Gasteiger partial charge >= 0.3 is 6.18 Å². The molecule has 3 atom stereocenters. The number of thiophene rings is 1. The lowest BCUT2D eigenvalue weighted by Gasteiger charge is -2.27. The maximum Gasteiger partial charge on any atom is 0.452 e. The molecule has 9 nitrogen and oxygen atoms in total. The molecule has 2 unspecified atom stereocenters. The second-order valence-electron chi connectivity index (χ2n) is 9.95. The monoisotopic (exact) mass is 648 g/mol. The molecule has 3 amide bonds. The molecule has 2 aromatic carbocycles. The van der Waals surface area contributed by atoms with E-state index < -0.39 is 53.7 Å². The van der Waals surface area contributed by atoms with Gasteiger partial charge in [-0.05, 0) is 53.4 Å². The molecule has 0 bridgehead atoms. The van der Waals surface area contributed by atoms with Crippen LogP contribution in [0, 0.1) is 17.2 Å². The van der Waals surface area contributed by atoms with Crippen LogP contribution in [0.3, 0.4) is 0 Å².